The van der Waals surface area contributed by atoms with Crippen LogP contribution in [0.1, 0.15) is 10.5 Å². The van der Waals surface area contributed by atoms with E-state index >= 15 is 0 Å². The molecule has 16 heavy (non-hydrogen) atoms. The quantitative estimate of drug-likeness (QED) is 0.458. The Bertz CT molecular complexity index is 444. The molecule has 1 aromatic rings. The first-order valence-corrected chi connectivity index (χ1v) is 4.18. The van der Waals surface area contributed by atoms with Crippen LogP contribution in [0, 0.1) is 10.1 Å². The second-order valence-corrected chi connectivity index (χ2v) is 2.68. The zero-order valence-electron chi connectivity index (χ0n) is 8.12. The molecule has 1 rings (SSSR count). The van der Waals surface area contributed by atoms with Crippen molar-refractivity contribution in [1.29, 1.82) is 0 Å². The number of carboxylic acid groups (broad SMARTS) is 1. The summed E-state index contributed by atoms with van der Waals surface area (Å²) >= 11 is 0. The van der Waals surface area contributed by atoms with Crippen molar-refractivity contribution in [3.05, 3.63) is 40.6 Å². The minimum atomic E-state index is -1.28. The van der Waals surface area contributed by atoms with Crippen molar-refractivity contribution in [2.24, 2.45) is 0 Å². The Balaban J connectivity index is 3.15. The van der Waals surface area contributed by atoms with Gasteiger partial charge >= 0.3 is 11.7 Å². The fourth-order valence-electron chi connectivity index (χ4n) is 0.935. The molecule has 0 saturated carbocycles. The van der Waals surface area contributed by atoms with Crippen LogP contribution in [0.5, 0.6) is 5.88 Å². The summed E-state index contributed by atoms with van der Waals surface area (Å²) in [5.74, 6) is -1.61. The van der Waals surface area contributed by atoms with Crippen LogP contribution >= 0.6 is 0 Å². The van der Waals surface area contributed by atoms with Crippen LogP contribution in [0.25, 0.3) is 0 Å². The van der Waals surface area contributed by atoms with Crippen LogP contribution in [-0.4, -0.2) is 27.6 Å². The molecular weight excluding hydrogens is 216 g/mol. The van der Waals surface area contributed by atoms with Crippen molar-refractivity contribution >= 4 is 11.7 Å². The van der Waals surface area contributed by atoms with Gasteiger partial charge in [0.15, 0.2) is 5.69 Å². The van der Waals surface area contributed by atoms with Gasteiger partial charge in [-0.25, -0.2) is 9.78 Å². The number of aromatic carboxylic acids is 1. The van der Waals surface area contributed by atoms with Gasteiger partial charge in [-0.1, -0.05) is 12.7 Å². The lowest BCUT2D eigenvalue weighted by Gasteiger charge is -2.03. The number of carbonyl (C=O) groups is 1. The molecule has 1 heterocycles. The van der Waals surface area contributed by atoms with Gasteiger partial charge < -0.3 is 9.84 Å². The van der Waals surface area contributed by atoms with E-state index in [1.165, 1.54) is 6.08 Å². The molecule has 0 fully saturated rings. The average molecular weight is 224 g/mol. The molecule has 0 saturated heterocycles. The number of ether oxygens (including phenoxy) is 1. The lowest BCUT2D eigenvalue weighted by molar-refractivity contribution is -0.386. The van der Waals surface area contributed by atoms with E-state index in [0.29, 0.717) is 0 Å². The standard InChI is InChI=1S/C9H8N2O5/c1-2-5-16-8-7(11(14)15)4-3-6(10-8)9(12)13/h2-4H,1,5H2,(H,12,13). The molecule has 0 aliphatic rings. The van der Waals surface area contributed by atoms with E-state index in [0.717, 1.165) is 12.1 Å². The summed E-state index contributed by atoms with van der Waals surface area (Å²) in [6.07, 6.45) is 1.37. The Morgan fingerprint density at radius 3 is 2.88 bits per heavy atom. The van der Waals surface area contributed by atoms with Gasteiger partial charge in [0.25, 0.3) is 5.88 Å². The largest absolute Gasteiger partial charge is 0.477 e. The molecule has 84 valence electrons. The fraction of sp³-hybridized carbons (Fsp3) is 0.111. The van der Waals surface area contributed by atoms with Crippen LogP contribution in [0.4, 0.5) is 5.69 Å². The number of rotatable bonds is 5. The predicted molar refractivity (Wildman–Crippen MR) is 53.5 cm³/mol. The highest BCUT2D eigenvalue weighted by Crippen LogP contribution is 2.24. The average Bonchev–Trinajstić information content (AvgIpc) is 2.25. The van der Waals surface area contributed by atoms with Crippen molar-refractivity contribution < 1.29 is 19.6 Å². The van der Waals surface area contributed by atoms with E-state index in [1.807, 2.05) is 0 Å². The van der Waals surface area contributed by atoms with Gasteiger partial charge in [0.1, 0.15) is 6.61 Å². The van der Waals surface area contributed by atoms with Crippen LogP contribution in [0.15, 0.2) is 24.8 Å². The summed E-state index contributed by atoms with van der Waals surface area (Å²) in [7, 11) is 0. The normalized spacial score (nSPS) is 9.50. The number of carboxylic acids is 1. The lowest BCUT2D eigenvalue weighted by atomic mass is 10.3. The summed E-state index contributed by atoms with van der Waals surface area (Å²) in [6, 6.07) is 2.08. The van der Waals surface area contributed by atoms with Crippen LogP contribution in [0.2, 0.25) is 0 Å². The molecule has 0 unspecified atom stereocenters. The third-order valence-corrected chi connectivity index (χ3v) is 1.59. The topological polar surface area (TPSA) is 103 Å². The van der Waals surface area contributed by atoms with E-state index < -0.39 is 10.9 Å². The molecule has 0 spiro atoms. The third kappa shape index (κ3) is 2.53. The van der Waals surface area contributed by atoms with E-state index in [9.17, 15) is 14.9 Å². The predicted octanol–water partition coefficient (Wildman–Crippen LogP) is 1.25. The van der Waals surface area contributed by atoms with Gasteiger partial charge in [-0.05, 0) is 6.07 Å². The van der Waals surface area contributed by atoms with E-state index in [1.54, 1.807) is 0 Å². The van der Waals surface area contributed by atoms with Gasteiger partial charge in [-0.2, -0.15) is 0 Å². The first-order chi connectivity index (χ1) is 7.56. The smallest absolute Gasteiger partial charge is 0.354 e. The number of nitro groups is 1. The van der Waals surface area contributed by atoms with Crippen LogP contribution in [-0.2, 0) is 0 Å². The van der Waals surface area contributed by atoms with Gasteiger partial charge in [0.05, 0.1) is 4.92 Å². The molecule has 0 aliphatic heterocycles. The number of hydrogen-bond donors (Lipinski definition) is 1. The molecule has 0 amide bonds. The number of pyridine rings is 1. The van der Waals surface area contributed by atoms with Crippen LogP contribution < -0.4 is 4.74 Å². The van der Waals surface area contributed by atoms with Crippen LogP contribution in [0.3, 0.4) is 0 Å². The summed E-state index contributed by atoms with van der Waals surface area (Å²) in [5.41, 5.74) is -0.698. The lowest BCUT2D eigenvalue weighted by Crippen LogP contribution is -2.06. The van der Waals surface area contributed by atoms with E-state index in [-0.39, 0.29) is 23.9 Å². The zero-order chi connectivity index (χ0) is 12.1. The molecule has 7 nitrogen and oxygen atoms in total. The Hall–Kier alpha value is -2.44. The SMILES string of the molecule is C=CCOc1nc(C(=O)O)ccc1[N+](=O)[O-]. The van der Waals surface area contributed by atoms with E-state index in [4.69, 9.17) is 9.84 Å². The maximum Gasteiger partial charge on any atom is 0.354 e. The molecule has 1 N–H and O–H groups in total. The minimum absolute atomic E-state index is 0.0108. The number of hydrogen-bond acceptors (Lipinski definition) is 5. The van der Waals surface area contributed by atoms with Gasteiger partial charge in [-0.3, -0.25) is 10.1 Å². The Morgan fingerprint density at radius 1 is 1.69 bits per heavy atom. The van der Waals surface area contributed by atoms with Crippen molar-refractivity contribution in [2.45, 2.75) is 0 Å². The molecule has 1 aromatic heterocycles. The highest BCUT2D eigenvalue weighted by molar-refractivity contribution is 5.85. The summed E-state index contributed by atoms with van der Waals surface area (Å²) in [4.78, 5) is 24.0. The number of aromatic nitrogens is 1. The molecular formula is C9H8N2O5. The van der Waals surface area contributed by atoms with Gasteiger partial charge in [0, 0.05) is 6.07 Å². The molecule has 0 bridgehead atoms. The van der Waals surface area contributed by atoms with Crippen molar-refractivity contribution in [2.75, 3.05) is 6.61 Å². The molecule has 0 aliphatic carbocycles. The van der Waals surface area contributed by atoms with E-state index in [2.05, 4.69) is 11.6 Å². The summed E-state index contributed by atoms with van der Waals surface area (Å²) in [5, 5.41) is 19.2. The second kappa shape index (κ2) is 4.87. The maximum absolute atomic E-state index is 10.6. The Labute approximate surface area is 90.1 Å². The number of nitrogens with zero attached hydrogens (tertiary/aromatic N) is 2. The Kier molecular flexibility index (Phi) is 3.54. The monoisotopic (exact) mass is 224 g/mol. The third-order valence-electron chi connectivity index (χ3n) is 1.59. The highest BCUT2D eigenvalue weighted by Gasteiger charge is 2.19. The first-order valence-electron chi connectivity index (χ1n) is 4.18. The van der Waals surface area contributed by atoms with Gasteiger partial charge in [-0.15, -0.1) is 0 Å². The fourth-order valence-corrected chi connectivity index (χ4v) is 0.935. The van der Waals surface area contributed by atoms with Crippen molar-refractivity contribution in [3.8, 4) is 5.88 Å². The van der Waals surface area contributed by atoms with Crippen molar-refractivity contribution in [1.82, 2.24) is 4.98 Å². The van der Waals surface area contributed by atoms with Crippen molar-refractivity contribution in [3.63, 3.8) is 0 Å². The molecule has 0 atom stereocenters. The minimum Gasteiger partial charge on any atom is -0.477 e. The Morgan fingerprint density at radius 2 is 2.38 bits per heavy atom. The molecule has 7 heteroatoms. The molecule has 0 radical (unpaired) electrons. The summed E-state index contributed by atoms with van der Waals surface area (Å²) in [6.45, 7) is 3.38. The first kappa shape index (κ1) is 11.6. The summed E-state index contributed by atoms with van der Waals surface area (Å²) < 4.78 is 4.90. The van der Waals surface area contributed by atoms with Gasteiger partial charge in [0.2, 0.25) is 0 Å². The maximum atomic E-state index is 10.6. The zero-order valence-corrected chi connectivity index (χ0v) is 8.12. The highest BCUT2D eigenvalue weighted by atomic mass is 16.6. The second-order valence-electron chi connectivity index (χ2n) is 2.68. The molecule has 0 aromatic carbocycles.